The second kappa shape index (κ2) is 6.65. The summed E-state index contributed by atoms with van der Waals surface area (Å²) in [7, 11) is 1.65. The van der Waals surface area contributed by atoms with Crippen LogP contribution < -0.4 is 16.0 Å². The van der Waals surface area contributed by atoms with Gasteiger partial charge in [0.05, 0.1) is 13.2 Å². The molecule has 0 radical (unpaired) electrons. The van der Waals surface area contributed by atoms with Crippen molar-refractivity contribution in [3.63, 3.8) is 0 Å². The molecule has 0 aliphatic rings. The second-order valence-corrected chi connectivity index (χ2v) is 5.13. The van der Waals surface area contributed by atoms with Gasteiger partial charge >= 0.3 is 0 Å². The lowest BCUT2D eigenvalue weighted by molar-refractivity contribution is 0.413. The second-order valence-electron chi connectivity index (χ2n) is 4.21. The summed E-state index contributed by atoms with van der Waals surface area (Å²) in [5.41, 5.74) is 5.04. The van der Waals surface area contributed by atoms with Crippen molar-refractivity contribution >= 4 is 15.9 Å². The molecular weight excluding hydrogens is 306 g/mol. The lowest BCUT2D eigenvalue weighted by Gasteiger charge is -2.17. The first-order valence-corrected chi connectivity index (χ1v) is 6.71. The smallest absolute Gasteiger partial charge is 0.119 e. The molecule has 0 aliphatic heterocycles. The average Bonchev–Trinajstić information content (AvgIpc) is 2.45. The fourth-order valence-corrected chi connectivity index (χ4v) is 2.35. The number of hydrogen-bond donors (Lipinski definition) is 2. The molecule has 0 spiro atoms. The third-order valence-corrected chi connectivity index (χ3v) is 3.33. The van der Waals surface area contributed by atoms with Crippen LogP contribution in [0.4, 0.5) is 0 Å². The Morgan fingerprint density at radius 2 is 2.21 bits per heavy atom. The Hall–Kier alpha value is -1.43. The fourth-order valence-electron chi connectivity index (χ4n) is 1.93. The van der Waals surface area contributed by atoms with Crippen LogP contribution in [0.15, 0.2) is 47.2 Å². The number of rotatable bonds is 5. The predicted octanol–water partition coefficient (Wildman–Crippen LogP) is 2.60. The number of nitrogens with two attached hydrogens (primary N) is 1. The Labute approximate surface area is 121 Å². The Bertz CT molecular complexity index is 548. The molecule has 0 saturated carbocycles. The van der Waals surface area contributed by atoms with Crippen molar-refractivity contribution in [3.8, 4) is 5.75 Å². The molecule has 1 atom stereocenters. The molecule has 1 unspecified atom stereocenters. The lowest BCUT2D eigenvalue weighted by Crippen LogP contribution is -2.29. The molecule has 2 rings (SSSR count). The minimum absolute atomic E-state index is 0.0196. The summed E-state index contributed by atoms with van der Waals surface area (Å²) in [4.78, 5) is 4.16. The summed E-state index contributed by atoms with van der Waals surface area (Å²) in [6.45, 7) is 0. The summed E-state index contributed by atoms with van der Waals surface area (Å²) in [6.07, 6.45) is 4.37. The van der Waals surface area contributed by atoms with Gasteiger partial charge in [0.2, 0.25) is 0 Å². The van der Waals surface area contributed by atoms with Gasteiger partial charge in [0.1, 0.15) is 5.75 Å². The molecule has 0 amide bonds. The lowest BCUT2D eigenvalue weighted by atomic mass is 10.0. The quantitative estimate of drug-likeness (QED) is 0.656. The molecule has 0 aliphatic carbocycles. The standard InChI is InChI=1S/C14H16BrN3O/c1-19-13-4-2-3-11(7-13)14(18-16)6-10-5-12(15)9-17-8-10/h2-5,7-9,14,18H,6,16H2,1H3. The van der Waals surface area contributed by atoms with Gasteiger partial charge in [-0.1, -0.05) is 12.1 Å². The number of nitrogens with zero attached hydrogens (tertiary/aromatic N) is 1. The number of hydrogen-bond acceptors (Lipinski definition) is 4. The summed E-state index contributed by atoms with van der Waals surface area (Å²) in [6, 6.07) is 9.94. The van der Waals surface area contributed by atoms with Gasteiger partial charge in [-0.05, 0) is 51.7 Å². The number of hydrazine groups is 1. The summed E-state index contributed by atoms with van der Waals surface area (Å²) in [5, 5.41) is 0. The molecule has 4 nitrogen and oxygen atoms in total. The number of ether oxygens (including phenoxy) is 1. The number of halogens is 1. The Balaban J connectivity index is 2.19. The van der Waals surface area contributed by atoms with Crippen LogP contribution in [0.25, 0.3) is 0 Å². The summed E-state index contributed by atoms with van der Waals surface area (Å²) >= 11 is 3.42. The van der Waals surface area contributed by atoms with Gasteiger partial charge in [-0.3, -0.25) is 16.3 Å². The molecule has 19 heavy (non-hydrogen) atoms. The van der Waals surface area contributed by atoms with E-state index in [9.17, 15) is 0 Å². The number of benzene rings is 1. The van der Waals surface area contributed by atoms with Crippen molar-refractivity contribution in [2.24, 2.45) is 5.84 Å². The molecule has 0 fully saturated rings. The fraction of sp³-hybridized carbons (Fsp3) is 0.214. The van der Waals surface area contributed by atoms with Gasteiger partial charge < -0.3 is 4.74 Å². The zero-order chi connectivity index (χ0) is 13.7. The normalized spacial score (nSPS) is 12.2. The highest BCUT2D eigenvalue weighted by Gasteiger charge is 2.11. The third-order valence-electron chi connectivity index (χ3n) is 2.90. The van der Waals surface area contributed by atoms with Gasteiger partial charge in [-0.25, -0.2) is 0 Å². The molecule has 3 N–H and O–H groups in total. The van der Waals surface area contributed by atoms with Crippen LogP contribution in [0.1, 0.15) is 17.2 Å². The third kappa shape index (κ3) is 3.76. The number of nitrogens with one attached hydrogen (secondary N) is 1. The van der Waals surface area contributed by atoms with E-state index in [-0.39, 0.29) is 6.04 Å². The van der Waals surface area contributed by atoms with Crippen molar-refractivity contribution in [1.29, 1.82) is 0 Å². The number of methoxy groups -OCH3 is 1. The van der Waals surface area contributed by atoms with Crippen LogP contribution in [-0.4, -0.2) is 12.1 Å². The van der Waals surface area contributed by atoms with Crippen molar-refractivity contribution < 1.29 is 4.74 Å². The molecule has 1 heterocycles. The van der Waals surface area contributed by atoms with Gasteiger partial charge in [-0.2, -0.15) is 0 Å². The summed E-state index contributed by atoms with van der Waals surface area (Å²) < 4.78 is 6.19. The molecular formula is C14H16BrN3O. The maximum absolute atomic E-state index is 5.66. The first kappa shape index (κ1) is 14.0. The Morgan fingerprint density at radius 3 is 2.89 bits per heavy atom. The number of aromatic nitrogens is 1. The summed E-state index contributed by atoms with van der Waals surface area (Å²) in [5.74, 6) is 6.48. The SMILES string of the molecule is COc1cccc(C(Cc2cncc(Br)c2)NN)c1. The Kier molecular flexibility index (Phi) is 4.90. The molecule has 5 heteroatoms. The van der Waals surface area contributed by atoms with Crippen molar-refractivity contribution in [2.75, 3.05) is 7.11 Å². The van der Waals surface area contributed by atoms with Gasteiger partial charge in [0.25, 0.3) is 0 Å². The highest BCUT2D eigenvalue weighted by atomic mass is 79.9. The zero-order valence-electron chi connectivity index (χ0n) is 10.6. The monoisotopic (exact) mass is 321 g/mol. The van der Waals surface area contributed by atoms with Gasteiger partial charge in [-0.15, -0.1) is 0 Å². The highest BCUT2D eigenvalue weighted by molar-refractivity contribution is 9.10. The van der Waals surface area contributed by atoms with E-state index < -0.39 is 0 Å². The van der Waals surface area contributed by atoms with Crippen LogP contribution in [-0.2, 0) is 6.42 Å². The van der Waals surface area contributed by atoms with Crippen LogP contribution in [0.3, 0.4) is 0 Å². The van der Waals surface area contributed by atoms with E-state index in [0.29, 0.717) is 0 Å². The van der Waals surface area contributed by atoms with E-state index in [4.69, 9.17) is 10.6 Å². The number of pyridine rings is 1. The topological polar surface area (TPSA) is 60.2 Å². The van der Waals surface area contributed by atoms with Gasteiger partial charge in [0.15, 0.2) is 0 Å². The van der Waals surface area contributed by atoms with Crippen molar-refractivity contribution in [1.82, 2.24) is 10.4 Å². The van der Waals surface area contributed by atoms with E-state index in [2.05, 4.69) is 26.3 Å². The molecule has 0 bridgehead atoms. The predicted molar refractivity (Wildman–Crippen MR) is 78.7 cm³/mol. The van der Waals surface area contributed by atoms with E-state index in [1.54, 1.807) is 13.3 Å². The molecule has 2 aromatic rings. The van der Waals surface area contributed by atoms with Crippen LogP contribution >= 0.6 is 15.9 Å². The Morgan fingerprint density at radius 1 is 1.37 bits per heavy atom. The average molecular weight is 322 g/mol. The van der Waals surface area contributed by atoms with Crippen molar-refractivity contribution in [2.45, 2.75) is 12.5 Å². The molecule has 100 valence electrons. The first-order chi connectivity index (χ1) is 9.22. The van der Waals surface area contributed by atoms with Crippen LogP contribution in [0.5, 0.6) is 5.75 Å². The molecule has 0 saturated heterocycles. The molecule has 1 aromatic carbocycles. The van der Waals surface area contributed by atoms with E-state index >= 15 is 0 Å². The van der Waals surface area contributed by atoms with Crippen LogP contribution in [0.2, 0.25) is 0 Å². The van der Waals surface area contributed by atoms with E-state index in [0.717, 1.165) is 27.8 Å². The van der Waals surface area contributed by atoms with E-state index in [1.165, 1.54) is 0 Å². The largest absolute Gasteiger partial charge is 0.497 e. The minimum atomic E-state index is 0.0196. The van der Waals surface area contributed by atoms with Gasteiger partial charge in [0, 0.05) is 16.9 Å². The minimum Gasteiger partial charge on any atom is -0.497 e. The maximum atomic E-state index is 5.66. The first-order valence-electron chi connectivity index (χ1n) is 5.92. The highest BCUT2D eigenvalue weighted by Crippen LogP contribution is 2.22. The molecule has 1 aromatic heterocycles. The van der Waals surface area contributed by atoms with E-state index in [1.807, 2.05) is 36.5 Å². The van der Waals surface area contributed by atoms with Crippen LogP contribution in [0, 0.1) is 0 Å². The van der Waals surface area contributed by atoms with Crippen molar-refractivity contribution in [3.05, 3.63) is 58.3 Å². The zero-order valence-corrected chi connectivity index (χ0v) is 12.2. The maximum Gasteiger partial charge on any atom is 0.119 e.